The van der Waals surface area contributed by atoms with Crippen molar-refractivity contribution in [1.82, 2.24) is 0 Å². The summed E-state index contributed by atoms with van der Waals surface area (Å²) in [6, 6.07) is 5.59. The Balaban J connectivity index is 2.19. The van der Waals surface area contributed by atoms with Crippen LogP contribution in [0.2, 0.25) is 0 Å². The number of benzene rings is 1. The van der Waals surface area contributed by atoms with Crippen LogP contribution in [0.3, 0.4) is 0 Å². The zero-order valence-electron chi connectivity index (χ0n) is 11.7. The van der Waals surface area contributed by atoms with Gasteiger partial charge in [0, 0.05) is 30.4 Å². The number of anilines is 1. The van der Waals surface area contributed by atoms with Crippen molar-refractivity contribution in [1.29, 1.82) is 0 Å². The number of ketones is 1. The Bertz CT molecular complexity index is 561. The summed E-state index contributed by atoms with van der Waals surface area (Å²) in [6.45, 7) is 3.01. The highest BCUT2D eigenvalue weighted by atomic mass is 16.5. The molecule has 0 aliphatic carbocycles. The molecule has 0 unspecified atom stereocenters. The molecule has 0 saturated carbocycles. The second-order valence-electron chi connectivity index (χ2n) is 4.53. The Morgan fingerprint density at radius 1 is 1.33 bits per heavy atom. The Morgan fingerprint density at radius 3 is 2.67 bits per heavy atom. The van der Waals surface area contributed by atoms with Gasteiger partial charge in [-0.15, -0.1) is 0 Å². The Labute approximate surface area is 122 Å². The molecular formula is C15H17NO5. The van der Waals surface area contributed by atoms with E-state index in [1.54, 1.807) is 6.07 Å². The first-order valence-corrected chi connectivity index (χ1v) is 6.58. The topological polar surface area (TPSA) is 76.1 Å². The second-order valence-corrected chi connectivity index (χ2v) is 4.53. The predicted molar refractivity (Wildman–Crippen MR) is 77.7 cm³/mol. The maximum Gasteiger partial charge on any atom is 0.376 e. The average molecular weight is 291 g/mol. The zero-order valence-corrected chi connectivity index (χ0v) is 11.7. The summed E-state index contributed by atoms with van der Waals surface area (Å²) in [4.78, 5) is 23.7. The highest BCUT2D eigenvalue weighted by Gasteiger charge is 2.13. The summed E-state index contributed by atoms with van der Waals surface area (Å²) in [5, 5.41) is 8.55. The number of carboxylic acids is 1. The predicted octanol–water partition coefficient (Wildman–Crippen LogP) is 1.20. The summed E-state index contributed by atoms with van der Waals surface area (Å²) in [7, 11) is 1.54. The van der Waals surface area contributed by atoms with E-state index in [-0.39, 0.29) is 0 Å². The first-order chi connectivity index (χ1) is 10.1. The molecule has 1 aliphatic heterocycles. The number of morpholine rings is 1. The minimum absolute atomic E-state index is 0.591. The van der Waals surface area contributed by atoms with Gasteiger partial charge >= 0.3 is 5.97 Å². The summed E-state index contributed by atoms with van der Waals surface area (Å²) < 4.78 is 10.6. The van der Waals surface area contributed by atoms with E-state index in [1.165, 1.54) is 13.2 Å². The van der Waals surface area contributed by atoms with Crippen LogP contribution in [0, 0.1) is 0 Å². The minimum atomic E-state index is -1.48. The third kappa shape index (κ3) is 3.82. The highest BCUT2D eigenvalue weighted by Crippen LogP contribution is 2.27. The van der Waals surface area contributed by atoms with Crippen molar-refractivity contribution in [3.8, 4) is 5.75 Å². The fraction of sp³-hybridized carbons (Fsp3) is 0.333. The van der Waals surface area contributed by atoms with Crippen LogP contribution in [0.15, 0.2) is 24.3 Å². The van der Waals surface area contributed by atoms with Gasteiger partial charge in [-0.25, -0.2) is 4.79 Å². The lowest BCUT2D eigenvalue weighted by molar-refractivity contribution is -0.146. The molecule has 0 atom stereocenters. The van der Waals surface area contributed by atoms with Crippen LogP contribution in [-0.4, -0.2) is 50.3 Å². The maximum absolute atomic E-state index is 11.1. The number of carboxylic acid groups (broad SMARTS) is 1. The van der Waals surface area contributed by atoms with Gasteiger partial charge in [0.15, 0.2) is 0 Å². The number of aliphatic carboxylic acids is 1. The fourth-order valence-electron chi connectivity index (χ4n) is 2.09. The van der Waals surface area contributed by atoms with Crippen molar-refractivity contribution in [2.45, 2.75) is 0 Å². The lowest BCUT2D eigenvalue weighted by Crippen LogP contribution is -2.36. The number of carbonyl (C=O) groups excluding carboxylic acids is 1. The molecule has 1 N–H and O–H groups in total. The molecule has 21 heavy (non-hydrogen) atoms. The van der Waals surface area contributed by atoms with Gasteiger partial charge in [0.1, 0.15) is 5.75 Å². The Hall–Kier alpha value is -2.34. The van der Waals surface area contributed by atoms with Crippen molar-refractivity contribution in [3.05, 3.63) is 29.8 Å². The summed E-state index contributed by atoms with van der Waals surface area (Å²) in [5.74, 6) is -1.85. The van der Waals surface area contributed by atoms with Crippen LogP contribution in [-0.2, 0) is 14.3 Å². The zero-order chi connectivity index (χ0) is 15.2. The highest BCUT2D eigenvalue weighted by molar-refractivity contribution is 6.38. The number of methoxy groups -OCH3 is 1. The number of hydrogen-bond acceptors (Lipinski definition) is 5. The molecule has 0 amide bonds. The normalized spacial score (nSPS) is 15.2. The molecule has 1 heterocycles. The molecule has 0 bridgehead atoms. The summed E-state index contributed by atoms with van der Waals surface area (Å²) in [6.07, 6.45) is 2.47. The van der Waals surface area contributed by atoms with Crippen molar-refractivity contribution >= 4 is 23.5 Å². The molecule has 0 radical (unpaired) electrons. The number of carbonyl (C=O) groups is 2. The number of rotatable bonds is 5. The third-order valence-electron chi connectivity index (χ3n) is 3.22. The number of hydrogen-bond donors (Lipinski definition) is 1. The quantitative estimate of drug-likeness (QED) is 0.649. The summed E-state index contributed by atoms with van der Waals surface area (Å²) in [5.41, 5.74) is 1.67. The smallest absolute Gasteiger partial charge is 0.376 e. The molecule has 6 heteroatoms. The van der Waals surface area contributed by atoms with Crippen LogP contribution in [0.4, 0.5) is 5.69 Å². The van der Waals surface area contributed by atoms with Crippen LogP contribution in [0.25, 0.3) is 6.08 Å². The molecule has 1 saturated heterocycles. The number of nitrogens with zero attached hydrogens (tertiary/aromatic N) is 1. The van der Waals surface area contributed by atoms with Gasteiger partial charge in [-0.05, 0) is 24.3 Å². The van der Waals surface area contributed by atoms with E-state index < -0.39 is 11.8 Å². The Kier molecular flexibility index (Phi) is 4.94. The first-order valence-electron chi connectivity index (χ1n) is 6.58. The van der Waals surface area contributed by atoms with E-state index in [0.29, 0.717) is 24.5 Å². The van der Waals surface area contributed by atoms with E-state index in [2.05, 4.69) is 4.90 Å². The van der Waals surface area contributed by atoms with E-state index in [0.717, 1.165) is 24.9 Å². The van der Waals surface area contributed by atoms with Gasteiger partial charge in [0.05, 0.1) is 20.3 Å². The van der Waals surface area contributed by atoms with E-state index in [4.69, 9.17) is 14.6 Å². The van der Waals surface area contributed by atoms with Gasteiger partial charge < -0.3 is 19.5 Å². The third-order valence-corrected chi connectivity index (χ3v) is 3.22. The largest absolute Gasteiger partial charge is 0.496 e. The molecule has 1 aromatic rings. The summed E-state index contributed by atoms with van der Waals surface area (Å²) >= 11 is 0. The Morgan fingerprint density at radius 2 is 2.05 bits per heavy atom. The van der Waals surface area contributed by atoms with Gasteiger partial charge in [-0.3, -0.25) is 4.79 Å². The lowest BCUT2D eigenvalue weighted by atomic mass is 10.1. The first kappa shape index (κ1) is 15.1. The molecule has 1 fully saturated rings. The molecular weight excluding hydrogens is 274 g/mol. The molecule has 6 nitrogen and oxygen atoms in total. The van der Waals surface area contributed by atoms with Gasteiger partial charge in [-0.2, -0.15) is 0 Å². The monoisotopic (exact) mass is 291 g/mol. The van der Waals surface area contributed by atoms with Crippen LogP contribution in [0.5, 0.6) is 5.75 Å². The van der Waals surface area contributed by atoms with Crippen molar-refractivity contribution in [2.75, 3.05) is 38.3 Å². The SMILES string of the molecule is COc1cc(N2CCOCC2)ccc1C=CC(=O)C(=O)O. The maximum atomic E-state index is 11.1. The van der Waals surface area contributed by atoms with E-state index in [9.17, 15) is 9.59 Å². The van der Waals surface area contributed by atoms with Crippen LogP contribution < -0.4 is 9.64 Å². The van der Waals surface area contributed by atoms with E-state index in [1.807, 2.05) is 12.1 Å². The average Bonchev–Trinajstić information content (AvgIpc) is 2.53. The van der Waals surface area contributed by atoms with Crippen LogP contribution >= 0.6 is 0 Å². The van der Waals surface area contributed by atoms with Gasteiger partial charge in [0.25, 0.3) is 5.78 Å². The second kappa shape index (κ2) is 6.90. The standard InChI is InChI=1S/C15H17NO5/c1-20-14-10-12(16-6-8-21-9-7-16)4-2-11(14)3-5-13(17)15(18)19/h2-5,10H,6-9H2,1H3,(H,18,19). The van der Waals surface area contributed by atoms with Crippen molar-refractivity contribution < 1.29 is 24.2 Å². The lowest BCUT2D eigenvalue weighted by Gasteiger charge is -2.29. The van der Waals surface area contributed by atoms with E-state index >= 15 is 0 Å². The molecule has 0 aromatic heterocycles. The molecule has 1 aromatic carbocycles. The molecule has 112 valence electrons. The van der Waals surface area contributed by atoms with Crippen molar-refractivity contribution in [2.24, 2.45) is 0 Å². The molecule has 1 aliphatic rings. The van der Waals surface area contributed by atoms with Crippen LogP contribution in [0.1, 0.15) is 5.56 Å². The molecule has 2 rings (SSSR count). The number of ether oxygens (including phenoxy) is 2. The van der Waals surface area contributed by atoms with Gasteiger partial charge in [0.2, 0.25) is 0 Å². The minimum Gasteiger partial charge on any atom is -0.496 e. The van der Waals surface area contributed by atoms with Gasteiger partial charge in [-0.1, -0.05) is 0 Å². The molecule has 0 spiro atoms. The fourth-order valence-corrected chi connectivity index (χ4v) is 2.09. The van der Waals surface area contributed by atoms with Crippen molar-refractivity contribution in [3.63, 3.8) is 0 Å².